The van der Waals surface area contributed by atoms with Gasteiger partial charge in [0, 0.05) is 34.1 Å². The molecular weight excluding hydrogens is 529 g/mol. The SMILES string of the molecule is Cc1cc(Cl)c(COc2ccc3nc(C)cc(-c4ncsc4Cl)c3c2)c(Cn2cccc(C#N)c2=O)n1. The number of nitriles is 1. The van der Waals surface area contributed by atoms with Crippen molar-refractivity contribution in [2.75, 3.05) is 0 Å². The van der Waals surface area contributed by atoms with Crippen LogP contribution >= 0.6 is 34.5 Å². The second-order valence-electron chi connectivity index (χ2n) is 8.39. The zero-order valence-corrected chi connectivity index (χ0v) is 22.2. The third kappa shape index (κ3) is 5.07. The van der Waals surface area contributed by atoms with Crippen LogP contribution in [0.3, 0.4) is 0 Å². The molecule has 37 heavy (non-hydrogen) atoms. The molecule has 5 rings (SSSR count). The van der Waals surface area contributed by atoms with E-state index < -0.39 is 0 Å². The van der Waals surface area contributed by atoms with Crippen molar-refractivity contribution < 1.29 is 4.74 Å². The van der Waals surface area contributed by atoms with E-state index in [0.29, 0.717) is 37.8 Å². The lowest BCUT2D eigenvalue weighted by Gasteiger charge is -2.15. The molecule has 0 atom stereocenters. The minimum absolute atomic E-state index is 0.0649. The number of aromatic nitrogens is 4. The molecule has 0 aliphatic carbocycles. The molecule has 0 fully saturated rings. The molecule has 0 unspecified atom stereocenters. The largest absolute Gasteiger partial charge is 0.489 e. The molecule has 0 bridgehead atoms. The molecular formula is C27H19Cl2N5O2S. The lowest BCUT2D eigenvalue weighted by Crippen LogP contribution is -2.23. The Hall–Kier alpha value is -3.77. The van der Waals surface area contributed by atoms with E-state index in [0.717, 1.165) is 22.2 Å². The summed E-state index contributed by atoms with van der Waals surface area (Å²) in [7, 11) is 0. The molecule has 5 aromatic rings. The second kappa shape index (κ2) is 10.3. The van der Waals surface area contributed by atoms with E-state index in [1.165, 1.54) is 22.0 Å². The summed E-state index contributed by atoms with van der Waals surface area (Å²) in [5, 5.41) is 10.6. The summed E-state index contributed by atoms with van der Waals surface area (Å²) in [5.74, 6) is 0.608. The molecule has 4 heterocycles. The van der Waals surface area contributed by atoms with Gasteiger partial charge < -0.3 is 9.30 Å². The Morgan fingerprint density at radius 2 is 1.92 bits per heavy atom. The molecule has 0 saturated carbocycles. The summed E-state index contributed by atoms with van der Waals surface area (Å²) in [6, 6.07) is 14.4. The Bertz CT molecular complexity index is 1760. The van der Waals surface area contributed by atoms with Crippen LogP contribution in [-0.2, 0) is 13.2 Å². The molecule has 0 N–H and O–H groups in total. The maximum absolute atomic E-state index is 12.6. The maximum atomic E-state index is 12.6. The fraction of sp³-hybridized carbons (Fsp3) is 0.148. The number of thiazole rings is 1. The third-order valence-electron chi connectivity index (χ3n) is 5.81. The standard InChI is InChI=1S/C27H19Cl2N5O2S/c1-15-8-20(25-26(29)37-14-31-25)19-10-18(5-6-23(19)32-15)36-13-21-22(28)9-16(2)33-24(21)12-34-7-3-4-17(11-30)27(34)35/h3-10,14H,12-13H2,1-2H3. The van der Waals surface area contributed by atoms with Crippen molar-refractivity contribution in [2.45, 2.75) is 27.0 Å². The molecule has 0 saturated heterocycles. The number of hydrogen-bond acceptors (Lipinski definition) is 7. The first-order valence-corrected chi connectivity index (χ1v) is 12.9. The number of nitrogens with zero attached hydrogens (tertiary/aromatic N) is 5. The molecule has 0 amide bonds. The minimum Gasteiger partial charge on any atom is -0.489 e. The van der Waals surface area contributed by atoms with Gasteiger partial charge in [0.25, 0.3) is 5.56 Å². The van der Waals surface area contributed by atoms with E-state index in [9.17, 15) is 10.1 Å². The van der Waals surface area contributed by atoms with Crippen LogP contribution in [0.2, 0.25) is 9.36 Å². The van der Waals surface area contributed by atoms with Crippen molar-refractivity contribution in [2.24, 2.45) is 0 Å². The van der Waals surface area contributed by atoms with Gasteiger partial charge in [0.2, 0.25) is 0 Å². The van der Waals surface area contributed by atoms with E-state index in [-0.39, 0.29) is 24.3 Å². The van der Waals surface area contributed by atoms with E-state index in [2.05, 4.69) is 15.0 Å². The number of halogens is 2. The van der Waals surface area contributed by atoms with Crippen LogP contribution in [0.15, 0.2) is 59.0 Å². The lowest BCUT2D eigenvalue weighted by atomic mass is 10.1. The van der Waals surface area contributed by atoms with E-state index in [1.54, 1.807) is 23.8 Å². The monoisotopic (exact) mass is 547 g/mol. The molecule has 1 aromatic carbocycles. The Balaban J connectivity index is 1.49. The fourth-order valence-electron chi connectivity index (χ4n) is 4.10. The average molecular weight is 548 g/mol. The molecule has 0 aliphatic rings. The highest BCUT2D eigenvalue weighted by atomic mass is 35.5. The summed E-state index contributed by atoms with van der Waals surface area (Å²) in [6.45, 7) is 4.05. The first kappa shape index (κ1) is 24.9. The predicted octanol–water partition coefficient (Wildman–Crippen LogP) is 6.34. The fourth-order valence-corrected chi connectivity index (χ4v) is 5.21. The van der Waals surface area contributed by atoms with Crippen LogP contribution in [-0.4, -0.2) is 19.5 Å². The van der Waals surface area contributed by atoms with Gasteiger partial charge in [-0.1, -0.05) is 23.2 Å². The van der Waals surface area contributed by atoms with Gasteiger partial charge in [-0.2, -0.15) is 5.26 Å². The van der Waals surface area contributed by atoms with Gasteiger partial charge in [-0.3, -0.25) is 14.8 Å². The zero-order chi connectivity index (χ0) is 26.1. The minimum atomic E-state index is -0.387. The molecule has 0 spiro atoms. The second-order valence-corrected chi connectivity index (χ2v) is 10.3. The van der Waals surface area contributed by atoms with E-state index >= 15 is 0 Å². The Labute approximate surface area is 226 Å². The van der Waals surface area contributed by atoms with Crippen molar-refractivity contribution in [1.29, 1.82) is 5.26 Å². The topological polar surface area (TPSA) is 93.7 Å². The van der Waals surface area contributed by atoms with Gasteiger partial charge >= 0.3 is 0 Å². The smallest absolute Gasteiger partial charge is 0.268 e. The highest BCUT2D eigenvalue weighted by molar-refractivity contribution is 7.14. The number of rotatable bonds is 6. The van der Waals surface area contributed by atoms with Gasteiger partial charge in [-0.25, -0.2) is 4.98 Å². The van der Waals surface area contributed by atoms with Crippen molar-refractivity contribution >= 4 is 45.4 Å². The number of benzene rings is 1. The average Bonchev–Trinajstić information content (AvgIpc) is 3.29. The Kier molecular flexibility index (Phi) is 6.94. The van der Waals surface area contributed by atoms with Crippen LogP contribution < -0.4 is 10.3 Å². The number of aryl methyl sites for hydroxylation is 2. The van der Waals surface area contributed by atoms with Crippen molar-refractivity contribution in [3.8, 4) is 23.1 Å². The number of hydrogen-bond donors (Lipinski definition) is 0. The molecule has 4 aromatic heterocycles. The van der Waals surface area contributed by atoms with Crippen molar-refractivity contribution in [1.82, 2.24) is 19.5 Å². The molecule has 10 heteroatoms. The van der Waals surface area contributed by atoms with Crippen LogP contribution in [0.25, 0.3) is 22.2 Å². The predicted molar refractivity (Wildman–Crippen MR) is 145 cm³/mol. The molecule has 7 nitrogen and oxygen atoms in total. The first-order valence-electron chi connectivity index (χ1n) is 11.2. The van der Waals surface area contributed by atoms with Gasteiger partial charge in [0.05, 0.1) is 28.3 Å². The third-order valence-corrected chi connectivity index (χ3v) is 7.21. The van der Waals surface area contributed by atoms with Crippen LogP contribution in [0, 0.1) is 25.2 Å². The molecule has 0 aliphatic heterocycles. The number of fused-ring (bicyclic) bond motifs is 1. The van der Waals surface area contributed by atoms with Gasteiger partial charge in [0.1, 0.15) is 34.0 Å². The van der Waals surface area contributed by atoms with Crippen LogP contribution in [0.4, 0.5) is 0 Å². The Morgan fingerprint density at radius 1 is 1.11 bits per heavy atom. The summed E-state index contributed by atoms with van der Waals surface area (Å²) in [4.78, 5) is 26.3. The molecule has 184 valence electrons. The summed E-state index contributed by atoms with van der Waals surface area (Å²) >= 11 is 14.4. The van der Waals surface area contributed by atoms with E-state index in [1.807, 2.05) is 44.2 Å². The van der Waals surface area contributed by atoms with Crippen molar-refractivity contribution in [3.05, 3.63) is 102 Å². The highest BCUT2D eigenvalue weighted by Gasteiger charge is 2.16. The maximum Gasteiger partial charge on any atom is 0.268 e. The summed E-state index contributed by atoms with van der Waals surface area (Å²) in [5.41, 5.74) is 6.61. The van der Waals surface area contributed by atoms with Crippen LogP contribution in [0.5, 0.6) is 5.75 Å². The summed E-state index contributed by atoms with van der Waals surface area (Å²) < 4.78 is 8.21. The first-order chi connectivity index (χ1) is 17.8. The number of pyridine rings is 3. The summed E-state index contributed by atoms with van der Waals surface area (Å²) in [6.07, 6.45) is 1.62. The highest BCUT2D eigenvalue weighted by Crippen LogP contribution is 2.36. The zero-order valence-electron chi connectivity index (χ0n) is 19.8. The van der Waals surface area contributed by atoms with Gasteiger partial charge in [0.15, 0.2) is 0 Å². The van der Waals surface area contributed by atoms with Crippen molar-refractivity contribution in [3.63, 3.8) is 0 Å². The Morgan fingerprint density at radius 3 is 2.68 bits per heavy atom. The normalized spacial score (nSPS) is 11.0. The van der Waals surface area contributed by atoms with Gasteiger partial charge in [-0.15, -0.1) is 11.3 Å². The van der Waals surface area contributed by atoms with E-state index in [4.69, 9.17) is 27.9 Å². The van der Waals surface area contributed by atoms with Crippen LogP contribution in [0.1, 0.15) is 28.2 Å². The lowest BCUT2D eigenvalue weighted by molar-refractivity contribution is 0.304. The number of ether oxygens (including phenoxy) is 1. The quantitative estimate of drug-likeness (QED) is 0.246. The molecule has 0 radical (unpaired) electrons. The van der Waals surface area contributed by atoms with Gasteiger partial charge in [-0.05, 0) is 56.3 Å².